The molecule has 0 aromatic heterocycles. The molecule has 0 bridgehead atoms. The number of aliphatic hydroxyl groups excluding tert-OH is 1. The predicted molar refractivity (Wildman–Crippen MR) is 81.3 cm³/mol. The van der Waals surface area contributed by atoms with Gasteiger partial charge in [0.15, 0.2) is 6.10 Å². The molecule has 0 aliphatic rings. The third-order valence-electron chi connectivity index (χ3n) is 3.68. The minimum atomic E-state index is -1.45. The molecule has 3 nitrogen and oxygen atoms in total. The van der Waals surface area contributed by atoms with Crippen molar-refractivity contribution in [2.45, 2.75) is 65.4 Å². The standard InChI is InChI=1S/C17H26O3/c1-9(2)12-7-13(10(3)4)15(16(18)17(19)20)14(8-12)11(5)6/h7-11,16,18H,1-6H3,(H,19,20). The van der Waals surface area contributed by atoms with Crippen LogP contribution in [0.1, 0.15) is 87.7 Å². The number of rotatable bonds is 5. The van der Waals surface area contributed by atoms with Gasteiger partial charge in [-0.15, -0.1) is 0 Å². The second-order valence-electron chi connectivity index (χ2n) is 6.32. The first-order chi connectivity index (χ1) is 9.16. The number of hydrogen-bond donors (Lipinski definition) is 2. The van der Waals surface area contributed by atoms with Crippen LogP contribution >= 0.6 is 0 Å². The van der Waals surface area contributed by atoms with Crippen molar-refractivity contribution in [2.75, 3.05) is 0 Å². The summed E-state index contributed by atoms with van der Waals surface area (Å²) in [5, 5.41) is 19.3. The van der Waals surface area contributed by atoms with Gasteiger partial charge in [-0.1, -0.05) is 53.7 Å². The van der Waals surface area contributed by atoms with Crippen LogP contribution in [0.15, 0.2) is 12.1 Å². The van der Waals surface area contributed by atoms with E-state index < -0.39 is 12.1 Å². The Labute approximate surface area is 121 Å². The molecule has 0 heterocycles. The lowest BCUT2D eigenvalue weighted by molar-refractivity contribution is -0.147. The van der Waals surface area contributed by atoms with Crippen LogP contribution in [0, 0.1) is 0 Å². The van der Waals surface area contributed by atoms with Gasteiger partial charge in [0.2, 0.25) is 0 Å². The Kier molecular flexibility index (Phi) is 5.35. The lowest BCUT2D eigenvalue weighted by Crippen LogP contribution is -2.17. The van der Waals surface area contributed by atoms with Crippen molar-refractivity contribution in [1.29, 1.82) is 0 Å². The average molecular weight is 278 g/mol. The van der Waals surface area contributed by atoms with Crippen LogP contribution in [0.5, 0.6) is 0 Å². The van der Waals surface area contributed by atoms with E-state index in [1.807, 2.05) is 39.8 Å². The first-order valence-electron chi connectivity index (χ1n) is 7.25. The van der Waals surface area contributed by atoms with Crippen molar-refractivity contribution in [3.8, 4) is 0 Å². The number of aliphatic carboxylic acids is 1. The highest BCUT2D eigenvalue weighted by Crippen LogP contribution is 2.35. The maximum Gasteiger partial charge on any atom is 0.337 e. The zero-order valence-electron chi connectivity index (χ0n) is 13.3. The molecule has 0 saturated carbocycles. The summed E-state index contributed by atoms with van der Waals surface area (Å²) in [6.07, 6.45) is -1.45. The summed E-state index contributed by atoms with van der Waals surface area (Å²) in [5.74, 6) is -0.461. The van der Waals surface area contributed by atoms with Gasteiger partial charge in [0.1, 0.15) is 0 Å². The minimum Gasteiger partial charge on any atom is -0.479 e. The Morgan fingerprint density at radius 3 is 1.55 bits per heavy atom. The molecule has 112 valence electrons. The zero-order valence-corrected chi connectivity index (χ0v) is 13.3. The van der Waals surface area contributed by atoms with E-state index in [1.54, 1.807) is 0 Å². The van der Waals surface area contributed by atoms with E-state index in [1.165, 1.54) is 5.56 Å². The van der Waals surface area contributed by atoms with Gasteiger partial charge in [0, 0.05) is 0 Å². The third kappa shape index (κ3) is 3.40. The molecule has 1 unspecified atom stereocenters. The van der Waals surface area contributed by atoms with E-state index in [-0.39, 0.29) is 11.8 Å². The largest absolute Gasteiger partial charge is 0.479 e. The van der Waals surface area contributed by atoms with Crippen LogP contribution < -0.4 is 0 Å². The van der Waals surface area contributed by atoms with E-state index in [2.05, 4.69) is 13.8 Å². The van der Waals surface area contributed by atoms with Gasteiger partial charge in [-0.3, -0.25) is 0 Å². The van der Waals surface area contributed by atoms with Crippen molar-refractivity contribution < 1.29 is 15.0 Å². The van der Waals surface area contributed by atoms with E-state index in [4.69, 9.17) is 0 Å². The van der Waals surface area contributed by atoms with E-state index in [0.717, 1.165) is 11.1 Å². The summed E-state index contributed by atoms with van der Waals surface area (Å²) in [6.45, 7) is 12.4. The molecule has 0 amide bonds. The van der Waals surface area contributed by atoms with Gasteiger partial charge in [-0.2, -0.15) is 0 Å². The first kappa shape index (κ1) is 16.7. The Bertz CT molecular complexity index is 458. The Balaban J connectivity index is 3.63. The molecular weight excluding hydrogens is 252 g/mol. The molecule has 0 aliphatic heterocycles. The summed E-state index contributed by atoms with van der Waals surface area (Å²) >= 11 is 0. The van der Waals surface area contributed by atoms with Crippen LogP contribution in [0.4, 0.5) is 0 Å². The lowest BCUT2D eigenvalue weighted by atomic mass is 9.82. The van der Waals surface area contributed by atoms with E-state index in [0.29, 0.717) is 11.5 Å². The van der Waals surface area contributed by atoms with E-state index >= 15 is 0 Å². The molecule has 0 saturated heterocycles. The minimum absolute atomic E-state index is 0.176. The molecular formula is C17H26O3. The lowest BCUT2D eigenvalue weighted by Gasteiger charge is -2.24. The summed E-state index contributed by atoms with van der Waals surface area (Å²) in [7, 11) is 0. The van der Waals surface area contributed by atoms with Crippen LogP contribution in [0.3, 0.4) is 0 Å². The highest BCUT2D eigenvalue weighted by Gasteiger charge is 2.26. The van der Waals surface area contributed by atoms with Crippen molar-refractivity contribution in [1.82, 2.24) is 0 Å². The van der Waals surface area contributed by atoms with Crippen molar-refractivity contribution in [2.24, 2.45) is 0 Å². The number of carbonyl (C=O) groups is 1. The molecule has 1 atom stereocenters. The molecule has 0 fully saturated rings. The van der Waals surface area contributed by atoms with Crippen molar-refractivity contribution in [3.05, 3.63) is 34.4 Å². The molecule has 1 aromatic carbocycles. The molecule has 0 radical (unpaired) electrons. The summed E-state index contributed by atoms with van der Waals surface area (Å²) in [4.78, 5) is 11.2. The Hall–Kier alpha value is -1.35. The number of aliphatic hydroxyl groups is 1. The highest BCUT2D eigenvalue weighted by atomic mass is 16.4. The van der Waals surface area contributed by atoms with Gasteiger partial charge in [-0.05, 0) is 40.0 Å². The fraction of sp³-hybridized carbons (Fsp3) is 0.588. The third-order valence-corrected chi connectivity index (χ3v) is 3.68. The fourth-order valence-electron chi connectivity index (χ4n) is 2.45. The predicted octanol–water partition coefficient (Wildman–Crippen LogP) is 4.17. The number of hydrogen-bond acceptors (Lipinski definition) is 2. The second-order valence-corrected chi connectivity index (χ2v) is 6.32. The van der Waals surface area contributed by atoms with Gasteiger partial charge in [-0.25, -0.2) is 4.79 Å². The fourth-order valence-corrected chi connectivity index (χ4v) is 2.45. The first-order valence-corrected chi connectivity index (χ1v) is 7.25. The topological polar surface area (TPSA) is 57.5 Å². The molecule has 2 N–H and O–H groups in total. The maximum atomic E-state index is 11.2. The Morgan fingerprint density at radius 2 is 1.30 bits per heavy atom. The molecule has 3 heteroatoms. The van der Waals surface area contributed by atoms with Gasteiger partial charge in [0.05, 0.1) is 0 Å². The van der Waals surface area contributed by atoms with Crippen LogP contribution in [0.2, 0.25) is 0 Å². The molecule has 1 rings (SSSR count). The van der Waals surface area contributed by atoms with Gasteiger partial charge < -0.3 is 10.2 Å². The molecule has 20 heavy (non-hydrogen) atoms. The number of carboxylic acids is 1. The highest BCUT2D eigenvalue weighted by molar-refractivity contribution is 5.75. The maximum absolute atomic E-state index is 11.2. The summed E-state index contributed by atoms with van der Waals surface area (Å²) in [5.41, 5.74) is 3.65. The smallest absolute Gasteiger partial charge is 0.337 e. The Morgan fingerprint density at radius 1 is 0.900 bits per heavy atom. The van der Waals surface area contributed by atoms with Gasteiger partial charge in [0.25, 0.3) is 0 Å². The van der Waals surface area contributed by atoms with Crippen molar-refractivity contribution >= 4 is 5.97 Å². The second kappa shape index (κ2) is 6.40. The summed E-state index contributed by atoms with van der Waals surface area (Å²) < 4.78 is 0. The van der Waals surface area contributed by atoms with Crippen LogP contribution in [0.25, 0.3) is 0 Å². The number of carboxylic acid groups (broad SMARTS) is 1. The van der Waals surface area contributed by atoms with Crippen LogP contribution in [-0.4, -0.2) is 16.2 Å². The van der Waals surface area contributed by atoms with Crippen LogP contribution in [-0.2, 0) is 4.79 Å². The molecule has 0 spiro atoms. The molecule has 1 aromatic rings. The van der Waals surface area contributed by atoms with Crippen molar-refractivity contribution in [3.63, 3.8) is 0 Å². The normalized spacial score (nSPS) is 13.3. The van der Waals surface area contributed by atoms with Gasteiger partial charge >= 0.3 is 5.97 Å². The SMILES string of the molecule is CC(C)c1cc(C(C)C)c(C(O)C(=O)O)c(C(C)C)c1. The molecule has 0 aliphatic carbocycles. The van der Waals surface area contributed by atoms with E-state index in [9.17, 15) is 15.0 Å². The monoisotopic (exact) mass is 278 g/mol. The number of benzene rings is 1. The quantitative estimate of drug-likeness (QED) is 0.849. The zero-order chi connectivity index (χ0) is 15.6. The average Bonchev–Trinajstić information content (AvgIpc) is 2.35. The summed E-state index contributed by atoms with van der Waals surface area (Å²) in [6, 6.07) is 4.09.